The molecule has 2 N–H and O–H groups in total. The summed E-state index contributed by atoms with van der Waals surface area (Å²) in [6.07, 6.45) is 0.391. The Kier molecular flexibility index (Phi) is 7.55. The maximum absolute atomic E-state index is 12.6. The van der Waals surface area contributed by atoms with Gasteiger partial charge in [-0.05, 0) is 18.9 Å². The molecule has 0 spiro atoms. The van der Waals surface area contributed by atoms with Gasteiger partial charge in [0.05, 0.1) is 30.3 Å². The third-order valence-corrected chi connectivity index (χ3v) is 7.63. The molecule has 3 rings (SSSR count). The summed E-state index contributed by atoms with van der Waals surface area (Å²) < 4.78 is 24.5. The lowest BCUT2D eigenvalue weighted by atomic mass is 10.2. The number of likely N-dealkylation sites (N-methyl/N-ethyl adjacent to an activating group) is 1. The molecule has 1 saturated heterocycles. The van der Waals surface area contributed by atoms with Crippen molar-refractivity contribution in [2.24, 2.45) is 0 Å². The van der Waals surface area contributed by atoms with Crippen LogP contribution in [0.1, 0.15) is 18.9 Å². The van der Waals surface area contributed by atoms with Gasteiger partial charge in [-0.25, -0.2) is 18.3 Å². The van der Waals surface area contributed by atoms with Gasteiger partial charge < -0.3 is 10.2 Å². The Hall–Kier alpha value is -2.60. The van der Waals surface area contributed by atoms with E-state index in [9.17, 15) is 22.8 Å². The number of carbonyl (C=O) groups is 2. The molecule has 168 valence electrons. The number of aromatic nitrogens is 3. The third kappa shape index (κ3) is 6.44. The van der Waals surface area contributed by atoms with Crippen molar-refractivity contribution in [3.63, 3.8) is 0 Å². The molecule has 2 aromatic rings. The Morgan fingerprint density at radius 1 is 1.32 bits per heavy atom. The summed E-state index contributed by atoms with van der Waals surface area (Å²) >= 11 is 1.12. The zero-order chi connectivity index (χ0) is 22.4. The van der Waals surface area contributed by atoms with Gasteiger partial charge in [0, 0.05) is 12.6 Å². The van der Waals surface area contributed by atoms with Gasteiger partial charge in [0.2, 0.25) is 11.8 Å². The Labute approximate surface area is 184 Å². The van der Waals surface area contributed by atoms with Crippen LogP contribution in [0.25, 0.3) is 0 Å². The van der Waals surface area contributed by atoms with Crippen LogP contribution in [0, 0.1) is 0 Å². The van der Waals surface area contributed by atoms with Crippen LogP contribution in [0.4, 0.5) is 0 Å². The van der Waals surface area contributed by atoms with Crippen molar-refractivity contribution >= 4 is 33.4 Å². The van der Waals surface area contributed by atoms with Crippen LogP contribution in [0.3, 0.4) is 0 Å². The van der Waals surface area contributed by atoms with Crippen LogP contribution in [0.5, 0.6) is 0 Å². The SMILES string of the molecule is CCN(CC(=O)N[C@@H]1CCS(=O)(=O)C1)C(=O)CSc1n[nH]c(=O)n1Cc1ccccc1. The van der Waals surface area contributed by atoms with Gasteiger partial charge >= 0.3 is 5.69 Å². The van der Waals surface area contributed by atoms with Gasteiger partial charge in [0.25, 0.3) is 0 Å². The van der Waals surface area contributed by atoms with E-state index < -0.39 is 15.9 Å². The molecule has 0 aliphatic carbocycles. The number of thioether (sulfide) groups is 1. The molecular weight excluding hydrogens is 442 g/mol. The van der Waals surface area contributed by atoms with Crippen LogP contribution < -0.4 is 11.0 Å². The number of benzene rings is 1. The fourth-order valence-electron chi connectivity index (χ4n) is 3.27. The van der Waals surface area contributed by atoms with Crippen molar-refractivity contribution in [1.29, 1.82) is 0 Å². The number of H-pyrrole nitrogens is 1. The van der Waals surface area contributed by atoms with Gasteiger partial charge in [-0.15, -0.1) is 5.10 Å². The molecule has 1 aromatic carbocycles. The van der Waals surface area contributed by atoms with Gasteiger partial charge in [-0.3, -0.25) is 14.2 Å². The summed E-state index contributed by atoms with van der Waals surface area (Å²) in [5.74, 6) is -0.643. The number of sulfone groups is 1. The lowest BCUT2D eigenvalue weighted by Crippen LogP contribution is -2.45. The highest BCUT2D eigenvalue weighted by Crippen LogP contribution is 2.16. The minimum Gasteiger partial charge on any atom is -0.351 e. The first-order chi connectivity index (χ1) is 14.8. The van der Waals surface area contributed by atoms with Gasteiger partial charge in [-0.2, -0.15) is 0 Å². The molecule has 1 aliphatic rings. The average Bonchev–Trinajstić information content (AvgIpc) is 3.26. The van der Waals surface area contributed by atoms with Crippen molar-refractivity contribution in [3.05, 3.63) is 46.4 Å². The third-order valence-electron chi connectivity index (χ3n) is 4.90. The van der Waals surface area contributed by atoms with Crippen molar-refractivity contribution in [2.45, 2.75) is 31.1 Å². The van der Waals surface area contributed by atoms with Crippen LogP contribution in [-0.4, -0.2) is 76.3 Å². The minimum atomic E-state index is -3.09. The number of hydrogen-bond donors (Lipinski definition) is 2. The van der Waals surface area contributed by atoms with E-state index in [2.05, 4.69) is 15.5 Å². The number of nitrogens with zero attached hydrogens (tertiary/aromatic N) is 3. The fourth-order valence-corrected chi connectivity index (χ4v) is 5.79. The number of aromatic amines is 1. The molecule has 0 radical (unpaired) electrons. The molecule has 1 atom stereocenters. The van der Waals surface area contributed by atoms with Gasteiger partial charge in [0.15, 0.2) is 15.0 Å². The summed E-state index contributed by atoms with van der Waals surface area (Å²) in [6, 6.07) is 9.02. The highest BCUT2D eigenvalue weighted by Gasteiger charge is 2.29. The second-order valence-electron chi connectivity index (χ2n) is 7.25. The summed E-state index contributed by atoms with van der Waals surface area (Å²) in [4.78, 5) is 38.3. The lowest BCUT2D eigenvalue weighted by Gasteiger charge is -2.21. The Balaban J connectivity index is 1.54. The Morgan fingerprint density at radius 2 is 2.06 bits per heavy atom. The van der Waals surface area contributed by atoms with E-state index in [0.29, 0.717) is 24.7 Å². The summed E-state index contributed by atoms with van der Waals surface area (Å²) in [7, 11) is -3.09. The monoisotopic (exact) mass is 467 g/mol. The summed E-state index contributed by atoms with van der Waals surface area (Å²) in [5.41, 5.74) is 0.567. The van der Waals surface area contributed by atoms with Crippen molar-refractivity contribution in [1.82, 2.24) is 25.0 Å². The van der Waals surface area contributed by atoms with E-state index in [1.165, 1.54) is 9.47 Å². The van der Waals surface area contributed by atoms with Crippen LogP contribution in [-0.2, 0) is 26.0 Å². The fraction of sp³-hybridized carbons (Fsp3) is 0.474. The molecule has 0 bridgehead atoms. The highest BCUT2D eigenvalue weighted by molar-refractivity contribution is 7.99. The molecule has 2 amide bonds. The molecule has 10 nitrogen and oxygen atoms in total. The van der Waals surface area contributed by atoms with E-state index in [-0.39, 0.29) is 41.3 Å². The number of nitrogens with one attached hydrogen (secondary N) is 2. The molecular formula is C19H25N5O5S2. The first kappa shape index (κ1) is 23.1. The maximum Gasteiger partial charge on any atom is 0.344 e. The maximum atomic E-state index is 12.6. The zero-order valence-electron chi connectivity index (χ0n) is 17.1. The quantitative estimate of drug-likeness (QED) is 0.490. The van der Waals surface area contributed by atoms with E-state index in [4.69, 9.17) is 0 Å². The molecule has 12 heteroatoms. The average molecular weight is 468 g/mol. The number of hydrogen-bond acceptors (Lipinski definition) is 7. The largest absolute Gasteiger partial charge is 0.351 e. The number of amides is 2. The van der Waals surface area contributed by atoms with Crippen molar-refractivity contribution in [2.75, 3.05) is 30.3 Å². The number of rotatable bonds is 9. The molecule has 0 saturated carbocycles. The highest BCUT2D eigenvalue weighted by atomic mass is 32.2. The predicted octanol–water partition coefficient (Wildman–Crippen LogP) is -0.136. The van der Waals surface area contributed by atoms with E-state index >= 15 is 0 Å². The summed E-state index contributed by atoms with van der Waals surface area (Å²) in [6.45, 7) is 2.27. The molecule has 31 heavy (non-hydrogen) atoms. The normalized spacial score (nSPS) is 17.4. The van der Waals surface area contributed by atoms with E-state index in [0.717, 1.165) is 17.3 Å². The van der Waals surface area contributed by atoms with E-state index in [1.54, 1.807) is 6.92 Å². The topological polar surface area (TPSA) is 134 Å². The van der Waals surface area contributed by atoms with Gasteiger partial charge in [0.1, 0.15) is 0 Å². The van der Waals surface area contributed by atoms with E-state index in [1.807, 2.05) is 30.3 Å². The van der Waals surface area contributed by atoms with Crippen LogP contribution in [0.2, 0.25) is 0 Å². The summed E-state index contributed by atoms with van der Waals surface area (Å²) in [5, 5.41) is 9.47. The van der Waals surface area contributed by atoms with Crippen LogP contribution in [0.15, 0.2) is 40.3 Å². The van der Waals surface area contributed by atoms with Gasteiger partial charge in [-0.1, -0.05) is 42.1 Å². The Bertz CT molecular complexity index is 1080. The molecule has 1 aliphatic heterocycles. The molecule has 1 fully saturated rings. The first-order valence-corrected chi connectivity index (χ1v) is 12.7. The minimum absolute atomic E-state index is 0.0119. The molecule has 0 unspecified atom stereocenters. The number of carbonyl (C=O) groups excluding carboxylic acids is 2. The van der Waals surface area contributed by atoms with Crippen molar-refractivity contribution in [3.8, 4) is 0 Å². The second-order valence-corrected chi connectivity index (χ2v) is 10.4. The smallest absolute Gasteiger partial charge is 0.344 e. The second kappa shape index (κ2) is 10.1. The van der Waals surface area contributed by atoms with Crippen molar-refractivity contribution < 1.29 is 18.0 Å². The standard InChI is InChI=1S/C19H25N5O5S2/c1-2-23(11-16(25)20-15-8-9-31(28,29)13-15)17(26)12-30-19-22-21-18(27)24(19)10-14-6-4-3-5-7-14/h3-7,15H,2,8-13H2,1H3,(H,20,25)(H,21,27)/t15-/m1/s1. The lowest BCUT2D eigenvalue weighted by molar-refractivity contribution is -0.134. The predicted molar refractivity (Wildman–Crippen MR) is 117 cm³/mol. The molecule has 1 aromatic heterocycles. The van der Waals surface area contributed by atoms with Crippen LogP contribution >= 0.6 is 11.8 Å². The molecule has 2 heterocycles. The first-order valence-electron chi connectivity index (χ1n) is 9.87. The Morgan fingerprint density at radius 3 is 2.71 bits per heavy atom. The zero-order valence-corrected chi connectivity index (χ0v) is 18.7.